The van der Waals surface area contributed by atoms with Crippen molar-refractivity contribution in [2.45, 2.75) is 13.3 Å². The lowest BCUT2D eigenvalue weighted by Gasteiger charge is -2.14. The standard InChI is InChI=1S/C21H16ClN3O2S2/c1-13-6-5-10-24-18(13)23-17(22)15(19(24)26)12-16-20(27)25(21(28)29-16)11-9-14-7-3-2-4-8-14/h2-8,10,12H,9,11H2,1H3. The minimum absolute atomic E-state index is 0.0684. The van der Waals surface area contributed by atoms with Crippen molar-refractivity contribution in [2.75, 3.05) is 6.54 Å². The molecular weight excluding hydrogens is 426 g/mol. The Morgan fingerprint density at radius 1 is 1.17 bits per heavy atom. The molecule has 0 atom stereocenters. The molecule has 0 aliphatic carbocycles. The van der Waals surface area contributed by atoms with Crippen LogP contribution < -0.4 is 5.56 Å². The maximum Gasteiger partial charge on any atom is 0.266 e. The number of thioether (sulfide) groups is 1. The van der Waals surface area contributed by atoms with Crippen LogP contribution in [0, 0.1) is 6.92 Å². The summed E-state index contributed by atoms with van der Waals surface area (Å²) in [6.45, 7) is 2.34. The predicted molar refractivity (Wildman–Crippen MR) is 121 cm³/mol. The molecule has 1 aromatic carbocycles. The largest absolute Gasteiger partial charge is 0.293 e. The van der Waals surface area contributed by atoms with Gasteiger partial charge in [0.1, 0.15) is 15.1 Å². The van der Waals surface area contributed by atoms with Crippen molar-refractivity contribution >= 4 is 57.5 Å². The van der Waals surface area contributed by atoms with Crippen LogP contribution in [0.15, 0.2) is 58.4 Å². The molecule has 0 spiro atoms. The highest BCUT2D eigenvalue weighted by molar-refractivity contribution is 8.26. The topological polar surface area (TPSA) is 54.7 Å². The SMILES string of the molecule is Cc1cccn2c(=O)c(C=C3SC(=S)N(CCc4ccccc4)C3=O)c(Cl)nc12. The van der Waals surface area contributed by atoms with Crippen molar-refractivity contribution in [3.63, 3.8) is 0 Å². The van der Waals surface area contributed by atoms with Gasteiger partial charge in [-0.3, -0.25) is 18.9 Å². The molecule has 1 aliphatic rings. The molecule has 3 aromatic rings. The first-order valence-corrected chi connectivity index (χ1v) is 10.5. The lowest BCUT2D eigenvalue weighted by molar-refractivity contribution is -0.122. The van der Waals surface area contributed by atoms with Gasteiger partial charge in [0.15, 0.2) is 0 Å². The summed E-state index contributed by atoms with van der Waals surface area (Å²) >= 11 is 12.8. The molecular formula is C21H16ClN3O2S2. The van der Waals surface area contributed by atoms with Crippen molar-refractivity contribution in [1.82, 2.24) is 14.3 Å². The van der Waals surface area contributed by atoms with Crippen LogP contribution in [0.5, 0.6) is 0 Å². The minimum atomic E-state index is -0.321. The Hall–Kier alpha value is -2.48. The van der Waals surface area contributed by atoms with Crippen LogP contribution in [0.3, 0.4) is 0 Å². The molecule has 1 fully saturated rings. The first-order valence-electron chi connectivity index (χ1n) is 8.92. The maximum absolute atomic E-state index is 12.9. The lowest BCUT2D eigenvalue weighted by atomic mass is 10.1. The van der Waals surface area contributed by atoms with Gasteiger partial charge in [-0.1, -0.05) is 72.0 Å². The van der Waals surface area contributed by atoms with Gasteiger partial charge in [-0.2, -0.15) is 0 Å². The van der Waals surface area contributed by atoms with E-state index in [4.69, 9.17) is 23.8 Å². The molecule has 1 amide bonds. The van der Waals surface area contributed by atoms with Crippen LogP contribution in [-0.2, 0) is 11.2 Å². The van der Waals surface area contributed by atoms with Crippen molar-refractivity contribution in [3.8, 4) is 0 Å². The molecule has 1 saturated heterocycles. The van der Waals surface area contributed by atoms with Crippen LogP contribution in [-0.4, -0.2) is 31.1 Å². The molecule has 0 bridgehead atoms. The Morgan fingerprint density at radius 3 is 2.69 bits per heavy atom. The van der Waals surface area contributed by atoms with Gasteiger partial charge in [0, 0.05) is 12.7 Å². The molecule has 3 heterocycles. The molecule has 0 radical (unpaired) electrons. The summed E-state index contributed by atoms with van der Waals surface area (Å²) in [5.74, 6) is -0.222. The number of aromatic nitrogens is 2. The molecule has 1 aliphatic heterocycles. The second-order valence-corrected chi connectivity index (χ2v) is 8.61. The Bertz CT molecular complexity index is 1220. The molecule has 0 saturated carbocycles. The summed E-state index contributed by atoms with van der Waals surface area (Å²) in [6.07, 6.45) is 3.82. The molecule has 5 nitrogen and oxygen atoms in total. The van der Waals surface area contributed by atoms with Crippen LogP contribution in [0.2, 0.25) is 5.15 Å². The highest BCUT2D eigenvalue weighted by Crippen LogP contribution is 2.33. The van der Waals surface area contributed by atoms with Gasteiger partial charge in [0.25, 0.3) is 11.5 Å². The van der Waals surface area contributed by atoms with Crippen LogP contribution >= 0.6 is 35.6 Å². The molecule has 2 aromatic heterocycles. The summed E-state index contributed by atoms with van der Waals surface area (Å²) in [7, 11) is 0. The van der Waals surface area contributed by atoms with Crippen molar-refractivity contribution in [1.29, 1.82) is 0 Å². The number of thiocarbonyl (C=S) groups is 1. The molecule has 29 heavy (non-hydrogen) atoms. The zero-order chi connectivity index (χ0) is 20.5. The van der Waals surface area contributed by atoms with E-state index in [1.807, 2.05) is 43.3 Å². The molecule has 0 unspecified atom stereocenters. The number of rotatable bonds is 4. The number of benzene rings is 1. The van der Waals surface area contributed by atoms with E-state index in [-0.39, 0.29) is 22.2 Å². The van der Waals surface area contributed by atoms with Crippen LogP contribution in [0.25, 0.3) is 11.7 Å². The van der Waals surface area contributed by atoms with Crippen molar-refractivity contribution in [2.24, 2.45) is 0 Å². The number of pyridine rings is 1. The highest BCUT2D eigenvalue weighted by atomic mass is 35.5. The van der Waals surface area contributed by atoms with Gasteiger partial charge >= 0.3 is 0 Å². The van der Waals surface area contributed by atoms with Crippen LogP contribution in [0.1, 0.15) is 16.7 Å². The number of halogens is 1. The van der Waals surface area contributed by atoms with Crippen molar-refractivity contribution < 1.29 is 4.79 Å². The highest BCUT2D eigenvalue weighted by Gasteiger charge is 2.32. The smallest absolute Gasteiger partial charge is 0.266 e. The van der Waals surface area contributed by atoms with Gasteiger partial charge in [-0.15, -0.1) is 0 Å². The summed E-state index contributed by atoms with van der Waals surface area (Å²) in [5, 5.41) is 0.0684. The van der Waals surface area contributed by atoms with E-state index in [2.05, 4.69) is 4.98 Å². The average molecular weight is 442 g/mol. The van der Waals surface area contributed by atoms with E-state index in [0.717, 1.165) is 11.1 Å². The third-order valence-corrected chi connectivity index (χ3v) is 6.32. The number of carbonyl (C=O) groups is 1. The number of carbonyl (C=O) groups excluding carboxylic acids is 1. The molecule has 8 heteroatoms. The van der Waals surface area contributed by atoms with Gasteiger partial charge in [0.2, 0.25) is 0 Å². The second kappa shape index (κ2) is 8.10. The van der Waals surface area contributed by atoms with Crippen LogP contribution in [0.4, 0.5) is 0 Å². The maximum atomic E-state index is 12.9. The number of nitrogens with zero attached hydrogens (tertiary/aromatic N) is 3. The van der Waals surface area contributed by atoms with E-state index in [0.29, 0.717) is 27.8 Å². The van der Waals surface area contributed by atoms with Gasteiger partial charge in [0.05, 0.1) is 10.5 Å². The fourth-order valence-electron chi connectivity index (χ4n) is 3.12. The van der Waals surface area contributed by atoms with Gasteiger partial charge in [-0.25, -0.2) is 4.98 Å². The normalized spacial score (nSPS) is 15.7. The quantitative estimate of drug-likeness (QED) is 0.346. The molecule has 4 rings (SSSR count). The zero-order valence-electron chi connectivity index (χ0n) is 15.5. The first-order chi connectivity index (χ1) is 14.0. The van der Waals surface area contributed by atoms with Crippen molar-refractivity contribution in [3.05, 3.63) is 85.8 Å². The number of aryl methyl sites for hydroxylation is 1. The second-order valence-electron chi connectivity index (χ2n) is 6.58. The zero-order valence-corrected chi connectivity index (χ0v) is 17.9. The summed E-state index contributed by atoms with van der Waals surface area (Å²) in [5.41, 5.74) is 2.32. The Kier molecular flexibility index (Phi) is 5.54. The Balaban J connectivity index is 1.64. The molecule has 0 N–H and O–H groups in total. The van der Waals surface area contributed by atoms with Gasteiger partial charge < -0.3 is 0 Å². The first kappa shape index (κ1) is 19.8. The van der Waals surface area contributed by atoms with E-state index in [1.165, 1.54) is 22.2 Å². The number of hydrogen-bond donors (Lipinski definition) is 0. The third-order valence-electron chi connectivity index (χ3n) is 4.65. The van der Waals surface area contributed by atoms with E-state index in [1.54, 1.807) is 17.2 Å². The summed E-state index contributed by atoms with van der Waals surface area (Å²) in [6, 6.07) is 13.5. The fourth-order valence-corrected chi connectivity index (χ4v) is 4.62. The van der Waals surface area contributed by atoms with E-state index >= 15 is 0 Å². The monoisotopic (exact) mass is 441 g/mol. The summed E-state index contributed by atoms with van der Waals surface area (Å²) < 4.78 is 1.90. The Morgan fingerprint density at radius 2 is 1.93 bits per heavy atom. The number of fused-ring (bicyclic) bond motifs is 1. The molecule has 146 valence electrons. The number of hydrogen-bond acceptors (Lipinski definition) is 5. The lowest BCUT2D eigenvalue weighted by Crippen LogP contribution is -2.30. The summed E-state index contributed by atoms with van der Waals surface area (Å²) in [4.78, 5) is 32.0. The predicted octanol–water partition coefficient (Wildman–Crippen LogP) is 4.10. The van der Waals surface area contributed by atoms with E-state index in [9.17, 15) is 9.59 Å². The Labute approximate surface area is 182 Å². The minimum Gasteiger partial charge on any atom is -0.293 e. The van der Waals surface area contributed by atoms with E-state index < -0.39 is 0 Å². The average Bonchev–Trinajstić information content (AvgIpc) is 2.98. The third kappa shape index (κ3) is 3.85. The number of amides is 1. The van der Waals surface area contributed by atoms with Gasteiger partial charge in [-0.05, 0) is 36.6 Å². The fraction of sp³-hybridized carbons (Fsp3) is 0.143.